The summed E-state index contributed by atoms with van der Waals surface area (Å²) in [5, 5.41) is 4.92. The highest BCUT2D eigenvalue weighted by molar-refractivity contribution is 7.10. The third-order valence-electron chi connectivity index (χ3n) is 5.31. The molecule has 1 aromatic heterocycles. The van der Waals surface area contributed by atoms with E-state index >= 15 is 0 Å². The second kappa shape index (κ2) is 6.15. The van der Waals surface area contributed by atoms with Crippen LogP contribution in [-0.2, 0) is 12.8 Å². The maximum atomic E-state index is 13.0. The lowest BCUT2D eigenvalue weighted by atomic mass is 9.95. The zero-order valence-corrected chi connectivity index (χ0v) is 14.2. The van der Waals surface area contributed by atoms with Crippen LogP contribution in [0.3, 0.4) is 0 Å². The van der Waals surface area contributed by atoms with E-state index in [0.29, 0.717) is 6.54 Å². The van der Waals surface area contributed by atoms with Crippen LogP contribution in [0.1, 0.15) is 46.5 Å². The van der Waals surface area contributed by atoms with Crippen LogP contribution in [0.2, 0.25) is 0 Å². The summed E-state index contributed by atoms with van der Waals surface area (Å²) in [5.41, 5.74) is 2.23. The second-order valence-corrected chi connectivity index (χ2v) is 7.69. The van der Waals surface area contributed by atoms with Crippen molar-refractivity contribution in [2.45, 2.75) is 44.6 Å². The molecule has 6 heteroatoms. The number of hydrogen-bond donors (Lipinski definition) is 1. The van der Waals surface area contributed by atoms with Crippen LogP contribution in [0.5, 0.6) is 0 Å². The Morgan fingerprint density at radius 2 is 2.09 bits per heavy atom. The van der Waals surface area contributed by atoms with Gasteiger partial charge in [-0.05, 0) is 44.1 Å². The van der Waals surface area contributed by atoms with Gasteiger partial charge >= 0.3 is 6.03 Å². The molecule has 4 rings (SSSR count). The Labute approximate surface area is 140 Å². The predicted octanol–water partition coefficient (Wildman–Crippen LogP) is 2.26. The van der Waals surface area contributed by atoms with E-state index in [2.05, 4.69) is 10.7 Å². The fourth-order valence-electron chi connectivity index (χ4n) is 4.07. The Kier molecular flexibility index (Phi) is 4.01. The molecule has 0 bridgehead atoms. The SMILES string of the molecule is O=C(c1csc2c1CCCC2)N1CCCC(N2CCNC2=O)C1. The molecule has 3 amide bonds. The largest absolute Gasteiger partial charge is 0.337 e. The third kappa shape index (κ3) is 2.73. The molecule has 124 valence electrons. The molecule has 3 heterocycles. The van der Waals surface area contributed by atoms with Crippen LogP contribution in [0.25, 0.3) is 0 Å². The van der Waals surface area contributed by atoms with Crippen LogP contribution >= 0.6 is 11.3 Å². The van der Waals surface area contributed by atoms with Crippen molar-refractivity contribution in [3.63, 3.8) is 0 Å². The van der Waals surface area contributed by atoms with Gasteiger partial charge in [-0.1, -0.05) is 0 Å². The van der Waals surface area contributed by atoms with Gasteiger partial charge in [0.25, 0.3) is 5.91 Å². The van der Waals surface area contributed by atoms with Crippen LogP contribution in [0.4, 0.5) is 4.79 Å². The van der Waals surface area contributed by atoms with E-state index in [-0.39, 0.29) is 18.0 Å². The second-order valence-electron chi connectivity index (χ2n) is 6.73. The first kappa shape index (κ1) is 15.0. The van der Waals surface area contributed by atoms with Gasteiger partial charge in [0, 0.05) is 36.4 Å². The number of carbonyl (C=O) groups is 2. The Bertz CT molecular complexity index is 627. The Hall–Kier alpha value is -1.56. The van der Waals surface area contributed by atoms with E-state index in [1.165, 1.54) is 23.3 Å². The molecule has 2 saturated heterocycles. The summed E-state index contributed by atoms with van der Waals surface area (Å²) in [6.07, 6.45) is 6.60. The van der Waals surface area contributed by atoms with E-state index in [4.69, 9.17) is 0 Å². The minimum absolute atomic E-state index is 0.0252. The highest BCUT2D eigenvalue weighted by atomic mass is 32.1. The van der Waals surface area contributed by atoms with Gasteiger partial charge in [-0.15, -0.1) is 11.3 Å². The van der Waals surface area contributed by atoms with Gasteiger partial charge in [0.05, 0.1) is 11.6 Å². The van der Waals surface area contributed by atoms with Crippen LogP contribution in [-0.4, -0.2) is 54.0 Å². The van der Waals surface area contributed by atoms with Gasteiger partial charge in [0.1, 0.15) is 0 Å². The number of amides is 3. The van der Waals surface area contributed by atoms with E-state index < -0.39 is 0 Å². The molecule has 2 aliphatic heterocycles. The van der Waals surface area contributed by atoms with Crippen molar-refractivity contribution in [2.24, 2.45) is 0 Å². The van der Waals surface area contributed by atoms with Crippen LogP contribution in [0.15, 0.2) is 5.38 Å². The van der Waals surface area contributed by atoms with Crippen molar-refractivity contribution in [3.8, 4) is 0 Å². The quantitative estimate of drug-likeness (QED) is 0.902. The number of nitrogens with one attached hydrogen (secondary N) is 1. The number of hydrogen-bond acceptors (Lipinski definition) is 3. The lowest BCUT2D eigenvalue weighted by Gasteiger charge is -2.37. The summed E-state index contributed by atoms with van der Waals surface area (Å²) in [6, 6.07) is 0.196. The van der Waals surface area contributed by atoms with Crippen molar-refractivity contribution >= 4 is 23.3 Å². The third-order valence-corrected chi connectivity index (χ3v) is 6.39. The van der Waals surface area contributed by atoms with Gasteiger partial charge in [-0.25, -0.2) is 4.79 Å². The minimum atomic E-state index is 0.0252. The maximum Gasteiger partial charge on any atom is 0.317 e. The summed E-state index contributed by atoms with van der Waals surface area (Å²) in [4.78, 5) is 30.2. The monoisotopic (exact) mass is 333 g/mol. The van der Waals surface area contributed by atoms with Crippen molar-refractivity contribution in [1.82, 2.24) is 15.1 Å². The van der Waals surface area contributed by atoms with Gasteiger partial charge in [0.15, 0.2) is 0 Å². The molecule has 0 spiro atoms. The standard InChI is InChI=1S/C17H23N3O2S/c21-16(14-11-23-15-6-2-1-5-13(14)15)19-8-3-4-12(10-19)20-9-7-18-17(20)22/h11-12H,1-10H2,(H,18,22). The average molecular weight is 333 g/mol. The highest BCUT2D eigenvalue weighted by Crippen LogP contribution is 2.31. The summed E-state index contributed by atoms with van der Waals surface area (Å²) in [6.45, 7) is 2.98. The molecule has 23 heavy (non-hydrogen) atoms. The number of thiophene rings is 1. The lowest BCUT2D eigenvalue weighted by Crippen LogP contribution is -2.50. The van der Waals surface area contributed by atoms with Crippen molar-refractivity contribution < 1.29 is 9.59 Å². The Balaban J connectivity index is 1.50. The van der Waals surface area contributed by atoms with Crippen molar-refractivity contribution in [2.75, 3.05) is 26.2 Å². The maximum absolute atomic E-state index is 13.0. The predicted molar refractivity (Wildman–Crippen MR) is 90.0 cm³/mol. The van der Waals surface area contributed by atoms with Gasteiger partial charge < -0.3 is 15.1 Å². The zero-order chi connectivity index (χ0) is 15.8. The molecular formula is C17H23N3O2S. The van der Waals surface area contributed by atoms with Gasteiger partial charge in [0.2, 0.25) is 0 Å². The average Bonchev–Trinajstić information content (AvgIpc) is 3.20. The molecule has 0 aromatic carbocycles. The normalized spacial score (nSPS) is 24.5. The molecule has 1 unspecified atom stereocenters. The fraction of sp³-hybridized carbons (Fsp3) is 0.647. The van der Waals surface area contributed by atoms with Crippen LogP contribution < -0.4 is 5.32 Å². The molecule has 1 atom stereocenters. The molecule has 0 radical (unpaired) electrons. The van der Waals surface area contributed by atoms with E-state index in [1.807, 2.05) is 9.80 Å². The Morgan fingerprint density at radius 3 is 2.91 bits per heavy atom. The van der Waals surface area contributed by atoms with Crippen molar-refractivity contribution in [3.05, 3.63) is 21.4 Å². The number of nitrogens with zero attached hydrogens (tertiary/aromatic N) is 2. The molecule has 2 fully saturated rings. The first-order valence-corrected chi connectivity index (χ1v) is 9.55. The molecule has 1 N–H and O–H groups in total. The first-order valence-electron chi connectivity index (χ1n) is 8.67. The summed E-state index contributed by atoms with van der Waals surface area (Å²) in [5.74, 6) is 0.175. The number of urea groups is 1. The molecule has 5 nitrogen and oxygen atoms in total. The number of aryl methyl sites for hydroxylation is 1. The number of piperidine rings is 1. The number of rotatable bonds is 2. The number of fused-ring (bicyclic) bond motifs is 1. The summed E-state index contributed by atoms with van der Waals surface area (Å²) < 4.78 is 0. The summed E-state index contributed by atoms with van der Waals surface area (Å²) in [7, 11) is 0. The molecule has 0 saturated carbocycles. The van der Waals surface area contributed by atoms with Crippen LogP contribution in [0, 0.1) is 0 Å². The minimum Gasteiger partial charge on any atom is -0.337 e. The van der Waals surface area contributed by atoms with Crippen molar-refractivity contribution in [1.29, 1.82) is 0 Å². The highest BCUT2D eigenvalue weighted by Gasteiger charge is 2.34. The van der Waals surface area contributed by atoms with E-state index in [0.717, 1.165) is 50.9 Å². The zero-order valence-electron chi connectivity index (χ0n) is 13.3. The molecule has 3 aliphatic rings. The summed E-state index contributed by atoms with van der Waals surface area (Å²) >= 11 is 1.75. The van der Waals surface area contributed by atoms with E-state index in [1.54, 1.807) is 11.3 Å². The number of likely N-dealkylation sites (tertiary alicyclic amines) is 1. The first-order chi connectivity index (χ1) is 11.2. The molecule has 1 aliphatic carbocycles. The fourth-order valence-corrected chi connectivity index (χ4v) is 5.19. The molecular weight excluding hydrogens is 310 g/mol. The molecule has 1 aromatic rings. The topological polar surface area (TPSA) is 52.7 Å². The Morgan fingerprint density at radius 1 is 1.22 bits per heavy atom. The smallest absolute Gasteiger partial charge is 0.317 e. The lowest BCUT2D eigenvalue weighted by molar-refractivity contribution is 0.0633. The number of carbonyl (C=O) groups excluding carboxylic acids is 2. The van der Waals surface area contributed by atoms with Gasteiger partial charge in [-0.2, -0.15) is 0 Å². The van der Waals surface area contributed by atoms with E-state index in [9.17, 15) is 9.59 Å². The van der Waals surface area contributed by atoms with Gasteiger partial charge in [-0.3, -0.25) is 4.79 Å².